The second kappa shape index (κ2) is 6.00. The average molecular weight is 462 g/mol. The molecule has 0 amide bonds. The van der Waals surface area contributed by atoms with Crippen LogP contribution in [0, 0.1) is 0 Å². The monoisotopic (exact) mass is 461 g/mol. The van der Waals surface area contributed by atoms with E-state index in [1.807, 2.05) is 0 Å². The molecule has 4 aromatic carbocycles. The maximum Gasteiger partial charge on any atom is 0.0792 e. The number of hydrogen-bond acceptors (Lipinski definition) is 0. The van der Waals surface area contributed by atoms with E-state index in [1.165, 1.54) is 77.2 Å². The molecule has 4 heterocycles. The van der Waals surface area contributed by atoms with Crippen molar-refractivity contribution in [2.24, 2.45) is 0 Å². The van der Waals surface area contributed by atoms with Gasteiger partial charge in [0, 0.05) is 55.7 Å². The molecule has 0 atom stereocenters. The predicted octanol–water partition coefficient (Wildman–Crippen LogP) is 8.42. The van der Waals surface area contributed by atoms with Gasteiger partial charge in [0.2, 0.25) is 0 Å². The zero-order valence-electron chi connectivity index (χ0n) is 20.1. The molecule has 3 nitrogen and oxygen atoms in total. The van der Waals surface area contributed by atoms with Crippen LogP contribution in [0.1, 0.15) is 25.1 Å². The Morgan fingerprint density at radius 1 is 0.667 bits per heavy atom. The fraction of sp³-hybridized carbons (Fsp3) is 0.0909. The predicted molar refractivity (Wildman–Crippen MR) is 150 cm³/mol. The zero-order valence-corrected chi connectivity index (χ0v) is 20.1. The topological polar surface area (TPSA) is 25.1 Å². The molecule has 36 heavy (non-hydrogen) atoms. The van der Waals surface area contributed by atoms with Gasteiger partial charge in [-0.05, 0) is 52.9 Å². The number of H-pyrrole nitrogens is 1. The fourth-order valence-electron chi connectivity index (χ4n) is 7.16. The zero-order chi connectivity index (χ0) is 23.8. The number of aromatic amines is 1. The smallest absolute Gasteiger partial charge is 0.0792 e. The third-order valence-electron chi connectivity index (χ3n) is 8.57. The van der Waals surface area contributed by atoms with E-state index >= 15 is 0 Å². The molecule has 4 aromatic heterocycles. The van der Waals surface area contributed by atoms with Crippen molar-refractivity contribution in [3.05, 3.63) is 108 Å². The van der Waals surface area contributed by atoms with E-state index in [0.717, 1.165) is 0 Å². The fourth-order valence-corrected chi connectivity index (χ4v) is 7.16. The molecule has 0 fully saturated rings. The third kappa shape index (κ3) is 1.96. The van der Waals surface area contributed by atoms with E-state index in [1.54, 1.807) is 0 Å². The van der Waals surface area contributed by atoms with Crippen molar-refractivity contribution in [2.45, 2.75) is 19.3 Å². The average Bonchev–Trinajstić information content (AvgIpc) is 3.60. The van der Waals surface area contributed by atoms with Gasteiger partial charge in [-0.1, -0.05) is 68.4 Å². The summed E-state index contributed by atoms with van der Waals surface area (Å²) in [6.07, 6.45) is 2.23. The van der Waals surface area contributed by atoms with Crippen molar-refractivity contribution in [1.82, 2.24) is 14.0 Å². The lowest BCUT2D eigenvalue weighted by Gasteiger charge is -2.22. The summed E-state index contributed by atoms with van der Waals surface area (Å²) in [7, 11) is 0. The van der Waals surface area contributed by atoms with E-state index in [2.05, 4.69) is 125 Å². The molecule has 0 aliphatic heterocycles. The first-order chi connectivity index (χ1) is 17.6. The number of nitrogens with zero attached hydrogens (tertiary/aromatic N) is 2. The minimum absolute atomic E-state index is 0.142. The second-order valence-corrected chi connectivity index (χ2v) is 10.7. The van der Waals surface area contributed by atoms with Crippen LogP contribution in [0.3, 0.4) is 0 Å². The van der Waals surface area contributed by atoms with Crippen molar-refractivity contribution >= 4 is 49.1 Å². The van der Waals surface area contributed by atoms with Crippen LogP contribution in [0.4, 0.5) is 0 Å². The first-order valence-electron chi connectivity index (χ1n) is 12.6. The number of hydrogen-bond donors (Lipinski definition) is 1. The highest BCUT2D eigenvalue weighted by atomic mass is 15.0. The molecular weight excluding hydrogens is 438 g/mol. The lowest BCUT2D eigenvalue weighted by atomic mass is 9.85. The number of nitrogens with one attached hydrogen (secondary N) is 1. The standard InChI is InChI=1S/C33H23N3/c1-33(2)23-13-7-6-11-20(23)27-21-12-8-14-24-28(21)29-25(34-24)16-15-22-30-26(36(31(22)29)32(27)33)17-18-35(30)19-9-4-3-5-10-19/h3-18,34H,1-2H3. The first-order valence-corrected chi connectivity index (χ1v) is 12.6. The van der Waals surface area contributed by atoms with Crippen LogP contribution in [0.15, 0.2) is 97.2 Å². The number of fused-ring (bicyclic) bond motifs is 8. The van der Waals surface area contributed by atoms with Gasteiger partial charge in [-0.2, -0.15) is 0 Å². The van der Waals surface area contributed by atoms with Crippen molar-refractivity contribution in [3.63, 3.8) is 0 Å². The van der Waals surface area contributed by atoms with Gasteiger partial charge >= 0.3 is 0 Å². The molecule has 1 N–H and O–H groups in total. The van der Waals surface area contributed by atoms with E-state index in [0.29, 0.717) is 0 Å². The Morgan fingerprint density at radius 2 is 1.47 bits per heavy atom. The quantitative estimate of drug-likeness (QED) is 0.254. The summed E-state index contributed by atoms with van der Waals surface area (Å²) in [6.45, 7) is 4.78. The normalized spacial score (nSPS) is 14.6. The Morgan fingerprint density at radius 3 is 2.36 bits per heavy atom. The Bertz CT molecular complexity index is 2170. The van der Waals surface area contributed by atoms with Gasteiger partial charge in [0.05, 0.1) is 16.6 Å². The van der Waals surface area contributed by atoms with Crippen LogP contribution >= 0.6 is 0 Å². The van der Waals surface area contributed by atoms with E-state index in [9.17, 15) is 0 Å². The van der Waals surface area contributed by atoms with Crippen molar-refractivity contribution in [3.8, 4) is 16.8 Å². The summed E-state index contributed by atoms with van der Waals surface area (Å²) >= 11 is 0. The van der Waals surface area contributed by atoms with Gasteiger partial charge in [-0.3, -0.25) is 0 Å². The Labute approximate surface area is 207 Å². The summed E-state index contributed by atoms with van der Waals surface area (Å²) in [6, 6.07) is 33.3. The molecule has 0 saturated carbocycles. The summed E-state index contributed by atoms with van der Waals surface area (Å²) in [5.74, 6) is 0. The van der Waals surface area contributed by atoms with Gasteiger partial charge in [0.15, 0.2) is 0 Å². The molecule has 0 spiro atoms. The van der Waals surface area contributed by atoms with Gasteiger partial charge in [-0.25, -0.2) is 0 Å². The summed E-state index contributed by atoms with van der Waals surface area (Å²) < 4.78 is 4.95. The molecule has 0 saturated heterocycles. The molecule has 0 bridgehead atoms. The number of rotatable bonds is 1. The molecule has 0 unspecified atom stereocenters. The highest BCUT2D eigenvalue weighted by Gasteiger charge is 2.40. The van der Waals surface area contributed by atoms with Gasteiger partial charge in [0.25, 0.3) is 0 Å². The highest BCUT2D eigenvalue weighted by Crippen LogP contribution is 2.54. The largest absolute Gasteiger partial charge is 0.354 e. The lowest BCUT2D eigenvalue weighted by Crippen LogP contribution is -2.18. The maximum atomic E-state index is 3.74. The molecule has 9 rings (SSSR count). The van der Waals surface area contributed by atoms with Crippen LogP contribution in [0.5, 0.6) is 0 Å². The Balaban J connectivity index is 1.65. The van der Waals surface area contributed by atoms with Gasteiger partial charge in [-0.15, -0.1) is 0 Å². The Kier molecular flexibility index (Phi) is 3.13. The van der Waals surface area contributed by atoms with E-state index in [4.69, 9.17) is 0 Å². The summed E-state index contributed by atoms with van der Waals surface area (Å²) in [4.78, 5) is 3.74. The van der Waals surface area contributed by atoms with Crippen LogP contribution in [0.2, 0.25) is 0 Å². The molecule has 0 radical (unpaired) electrons. The van der Waals surface area contributed by atoms with Crippen LogP contribution in [0.25, 0.3) is 65.9 Å². The van der Waals surface area contributed by atoms with Crippen LogP contribution < -0.4 is 0 Å². The minimum Gasteiger partial charge on any atom is -0.354 e. The SMILES string of the molecule is CC1(C)c2ccccc2-c2c1n1c3ccn(-c4ccccc4)c3c3ccc4[nH]c5cccc2c5c4c31. The molecule has 1 aliphatic rings. The minimum atomic E-state index is -0.142. The van der Waals surface area contributed by atoms with Crippen molar-refractivity contribution in [2.75, 3.05) is 0 Å². The van der Waals surface area contributed by atoms with E-state index in [-0.39, 0.29) is 5.41 Å². The van der Waals surface area contributed by atoms with Crippen molar-refractivity contribution in [1.29, 1.82) is 0 Å². The second-order valence-electron chi connectivity index (χ2n) is 10.7. The molecule has 170 valence electrons. The maximum absolute atomic E-state index is 3.74. The van der Waals surface area contributed by atoms with Crippen LogP contribution in [-0.2, 0) is 5.41 Å². The van der Waals surface area contributed by atoms with Crippen molar-refractivity contribution < 1.29 is 0 Å². The molecule has 8 aromatic rings. The van der Waals surface area contributed by atoms with E-state index < -0.39 is 0 Å². The molecule has 3 heteroatoms. The molecule has 1 aliphatic carbocycles. The number of aromatic nitrogens is 3. The number of benzene rings is 4. The van der Waals surface area contributed by atoms with Gasteiger partial charge in [0.1, 0.15) is 0 Å². The summed E-state index contributed by atoms with van der Waals surface area (Å²) in [5.41, 5.74) is 12.8. The third-order valence-corrected chi connectivity index (χ3v) is 8.57. The highest BCUT2D eigenvalue weighted by molar-refractivity contribution is 6.30. The van der Waals surface area contributed by atoms with Gasteiger partial charge < -0.3 is 14.0 Å². The summed E-state index contributed by atoms with van der Waals surface area (Å²) in [5, 5.41) is 5.29. The van der Waals surface area contributed by atoms with Crippen LogP contribution in [-0.4, -0.2) is 14.0 Å². The Hall–Kier alpha value is -4.50. The molecular formula is C33H23N3. The first kappa shape index (κ1) is 18.8. The number of para-hydroxylation sites is 1. The lowest BCUT2D eigenvalue weighted by molar-refractivity contribution is 0.632.